The molecule has 0 aliphatic carbocycles. The molecule has 0 amide bonds. The highest BCUT2D eigenvalue weighted by atomic mass is 27.1. The van der Waals surface area contributed by atoms with Gasteiger partial charge in [0, 0.05) is 0 Å². The molecule has 0 aliphatic rings. The SMILES string of the molecule is CC([CH2][Al][CH2]C(C)CC(C)(C)C)CC(C)(C)C. The quantitative estimate of drug-likeness (QED) is 0.535. The maximum Gasteiger partial charge on any atom is 0.200 e. The van der Waals surface area contributed by atoms with Crippen LogP contribution >= 0.6 is 0 Å². The van der Waals surface area contributed by atoms with E-state index >= 15 is 0 Å². The smallest absolute Gasteiger partial charge is 0.101 e. The van der Waals surface area contributed by atoms with E-state index in [0.29, 0.717) is 26.0 Å². The summed E-state index contributed by atoms with van der Waals surface area (Å²) in [4.78, 5) is 0. The van der Waals surface area contributed by atoms with Crippen LogP contribution in [0.3, 0.4) is 0 Å². The largest absolute Gasteiger partial charge is 0.200 e. The molecule has 0 nitrogen and oxygen atoms in total. The van der Waals surface area contributed by atoms with Gasteiger partial charge in [0.25, 0.3) is 0 Å². The summed E-state index contributed by atoms with van der Waals surface area (Å²) in [6, 6.07) is 0. The Bertz CT molecular complexity index is 173. The zero-order valence-corrected chi connectivity index (χ0v) is 14.7. The summed E-state index contributed by atoms with van der Waals surface area (Å²) >= 11 is 0.672. The molecule has 0 rings (SSSR count). The van der Waals surface area contributed by atoms with Crippen molar-refractivity contribution in [2.24, 2.45) is 22.7 Å². The van der Waals surface area contributed by atoms with Crippen molar-refractivity contribution in [1.29, 1.82) is 0 Å². The van der Waals surface area contributed by atoms with E-state index in [1.54, 1.807) is 0 Å². The summed E-state index contributed by atoms with van der Waals surface area (Å²) in [7, 11) is 0. The van der Waals surface area contributed by atoms with Crippen LogP contribution in [0.15, 0.2) is 0 Å². The van der Waals surface area contributed by atoms with Crippen molar-refractivity contribution >= 4 is 15.2 Å². The van der Waals surface area contributed by atoms with E-state index in [9.17, 15) is 0 Å². The minimum atomic E-state index is 0.510. The molecule has 0 aromatic rings. The Morgan fingerprint density at radius 3 is 1.24 bits per heavy atom. The lowest BCUT2D eigenvalue weighted by atomic mass is 9.86. The van der Waals surface area contributed by atoms with Crippen LogP contribution in [-0.2, 0) is 0 Å². The predicted molar refractivity (Wildman–Crippen MR) is 81.8 cm³/mol. The van der Waals surface area contributed by atoms with Crippen LogP contribution in [0.4, 0.5) is 0 Å². The molecule has 0 saturated carbocycles. The van der Waals surface area contributed by atoms with Gasteiger partial charge in [0.05, 0.1) is 0 Å². The minimum Gasteiger partial charge on any atom is -0.101 e. The van der Waals surface area contributed by atoms with Gasteiger partial charge in [0.15, 0.2) is 0 Å². The molecule has 0 aliphatic heterocycles. The van der Waals surface area contributed by atoms with E-state index in [-0.39, 0.29) is 0 Å². The first-order valence-corrected chi connectivity index (χ1v) is 8.94. The lowest BCUT2D eigenvalue weighted by Gasteiger charge is -2.25. The van der Waals surface area contributed by atoms with Crippen molar-refractivity contribution in [2.45, 2.75) is 78.8 Å². The van der Waals surface area contributed by atoms with Crippen LogP contribution in [0.5, 0.6) is 0 Å². The molecule has 0 saturated heterocycles. The summed E-state index contributed by atoms with van der Waals surface area (Å²) in [5.41, 5.74) is 1.02. The second-order valence-corrected chi connectivity index (χ2v) is 10.0. The average Bonchev–Trinajstić information content (AvgIpc) is 1.95. The molecule has 2 atom stereocenters. The first-order chi connectivity index (χ1) is 7.49. The van der Waals surface area contributed by atoms with Crippen LogP contribution < -0.4 is 0 Å². The van der Waals surface area contributed by atoms with Gasteiger partial charge in [0.1, 0.15) is 0 Å². The molecule has 1 radical (unpaired) electrons. The molecule has 2 unspecified atom stereocenters. The molecule has 0 N–H and O–H groups in total. The predicted octanol–water partition coefficient (Wildman–Crippen LogP) is 5.67. The highest BCUT2D eigenvalue weighted by Gasteiger charge is 2.17. The summed E-state index contributed by atoms with van der Waals surface area (Å²) < 4.78 is 0. The third kappa shape index (κ3) is 12.8. The Hall–Kier alpha value is 0.532. The molecule has 0 aromatic carbocycles. The molecule has 101 valence electrons. The minimum absolute atomic E-state index is 0.510. The maximum atomic E-state index is 2.44. The fraction of sp³-hybridized carbons (Fsp3) is 1.00. The standard InChI is InChI=1S/2C8H17.Al/c2*1-7(2)6-8(3,4)5;/h2*7H,1,6H2,2-5H3;. The van der Waals surface area contributed by atoms with Gasteiger partial charge < -0.3 is 0 Å². The number of rotatable bonds is 6. The fourth-order valence-electron chi connectivity index (χ4n) is 2.92. The Morgan fingerprint density at radius 2 is 1.00 bits per heavy atom. The monoisotopic (exact) mass is 253 g/mol. The lowest BCUT2D eigenvalue weighted by molar-refractivity contribution is 0.315. The zero-order valence-electron chi connectivity index (χ0n) is 13.6. The lowest BCUT2D eigenvalue weighted by Crippen LogP contribution is -2.15. The average molecular weight is 253 g/mol. The van der Waals surface area contributed by atoms with Crippen LogP contribution in [0.25, 0.3) is 0 Å². The van der Waals surface area contributed by atoms with Gasteiger partial charge >= 0.3 is 0 Å². The molecule has 1 heteroatoms. The second-order valence-electron chi connectivity index (χ2n) is 8.50. The first-order valence-electron chi connectivity index (χ1n) is 7.31. The van der Waals surface area contributed by atoms with E-state index < -0.39 is 0 Å². The van der Waals surface area contributed by atoms with Crippen molar-refractivity contribution < 1.29 is 0 Å². The number of hydrogen-bond donors (Lipinski definition) is 0. The molecule has 0 bridgehead atoms. The first kappa shape index (κ1) is 17.5. The molecule has 17 heavy (non-hydrogen) atoms. The summed E-state index contributed by atoms with van der Waals surface area (Å²) in [6.07, 6.45) is 2.77. The molecule has 0 spiro atoms. The highest BCUT2D eigenvalue weighted by Crippen LogP contribution is 2.28. The molecular formula is C16H34Al. The van der Waals surface area contributed by atoms with E-state index in [2.05, 4.69) is 55.4 Å². The van der Waals surface area contributed by atoms with E-state index in [1.807, 2.05) is 0 Å². The van der Waals surface area contributed by atoms with E-state index in [4.69, 9.17) is 0 Å². The summed E-state index contributed by atoms with van der Waals surface area (Å²) in [5, 5.41) is 2.98. The maximum absolute atomic E-state index is 2.44. The van der Waals surface area contributed by atoms with Crippen molar-refractivity contribution in [3.63, 3.8) is 0 Å². The van der Waals surface area contributed by atoms with Crippen molar-refractivity contribution in [2.75, 3.05) is 0 Å². The third-order valence-electron chi connectivity index (χ3n) is 3.06. The Kier molecular flexibility index (Phi) is 7.43. The van der Waals surface area contributed by atoms with Crippen molar-refractivity contribution in [3.05, 3.63) is 0 Å². The van der Waals surface area contributed by atoms with E-state index in [0.717, 1.165) is 11.8 Å². The topological polar surface area (TPSA) is 0 Å². The Balaban J connectivity index is 3.70. The Morgan fingerprint density at radius 1 is 0.706 bits per heavy atom. The van der Waals surface area contributed by atoms with Gasteiger partial charge in [-0.25, -0.2) is 0 Å². The molecule has 0 heterocycles. The Labute approximate surface area is 117 Å². The van der Waals surface area contributed by atoms with Crippen LogP contribution in [-0.4, -0.2) is 15.2 Å². The van der Waals surface area contributed by atoms with Gasteiger partial charge in [-0.3, -0.25) is 0 Å². The molecule has 0 fully saturated rings. The number of hydrogen-bond acceptors (Lipinski definition) is 0. The van der Waals surface area contributed by atoms with Crippen molar-refractivity contribution in [1.82, 2.24) is 0 Å². The third-order valence-corrected chi connectivity index (χ3v) is 5.34. The van der Waals surface area contributed by atoms with Crippen LogP contribution in [0.1, 0.15) is 68.2 Å². The second kappa shape index (κ2) is 7.20. The molecule has 0 aromatic heterocycles. The van der Waals surface area contributed by atoms with Crippen LogP contribution in [0, 0.1) is 22.7 Å². The zero-order chi connectivity index (χ0) is 13.7. The summed E-state index contributed by atoms with van der Waals surface area (Å²) in [5.74, 6) is 1.85. The van der Waals surface area contributed by atoms with Gasteiger partial charge in [0.2, 0.25) is 15.2 Å². The highest BCUT2D eigenvalue weighted by molar-refractivity contribution is 6.35. The van der Waals surface area contributed by atoms with Gasteiger partial charge in [-0.1, -0.05) is 67.2 Å². The summed E-state index contributed by atoms with van der Waals surface area (Å²) in [6.45, 7) is 19.0. The fourth-order valence-corrected chi connectivity index (χ4v) is 4.59. The van der Waals surface area contributed by atoms with Gasteiger partial charge in [-0.15, -0.1) is 10.6 Å². The van der Waals surface area contributed by atoms with E-state index in [1.165, 1.54) is 23.4 Å². The normalized spacial score (nSPS) is 16.7. The van der Waals surface area contributed by atoms with Crippen molar-refractivity contribution in [3.8, 4) is 0 Å². The van der Waals surface area contributed by atoms with Crippen LogP contribution in [0.2, 0.25) is 10.6 Å². The molecular weight excluding hydrogens is 219 g/mol. The van der Waals surface area contributed by atoms with Gasteiger partial charge in [-0.05, 0) is 23.7 Å². The van der Waals surface area contributed by atoms with Gasteiger partial charge in [-0.2, -0.15) is 0 Å².